The number of hydrogen-bond donors (Lipinski definition) is 1. The maximum Gasteiger partial charge on any atom is 0.0471 e. The first-order valence-corrected chi connectivity index (χ1v) is 7.89. The highest BCUT2D eigenvalue weighted by Gasteiger charge is 2.13. The molecule has 0 aliphatic heterocycles. The Morgan fingerprint density at radius 1 is 1.33 bits per heavy atom. The van der Waals surface area contributed by atoms with E-state index in [0.29, 0.717) is 18.1 Å². The van der Waals surface area contributed by atoms with Gasteiger partial charge in [0.25, 0.3) is 0 Å². The summed E-state index contributed by atoms with van der Waals surface area (Å²) in [6, 6.07) is 10.4. The first-order chi connectivity index (χ1) is 8.77. The molecule has 0 spiro atoms. The number of benzene rings is 1. The predicted molar refractivity (Wildman–Crippen MR) is 77.2 cm³/mol. The third-order valence-corrected chi connectivity index (χ3v) is 4.17. The molecule has 3 nitrogen and oxygen atoms in total. The van der Waals surface area contributed by atoms with Crippen LogP contribution in [0.15, 0.2) is 30.3 Å². The molecule has 0 bridgehead atoms. The summed E-state index contributed by atoms with van der Waals surface area (Å²) in [6.45, 7) is 3.64. The molecule has 0 aliphatic carbocycles. The Hall–Kier alpha value is -0.710. The first kappa shape index (κ1) is 15.3. The van der Waals surface area contributed by atoms with Crippen molar-refractivity contribution in [3.05, 3.63) is 35.9 Å². The van der Waals surface area contributed by atoms with Gasteiger partial charge in [-0.15, -0.1) is 0 Å². The average Bonchev–Trinajstić information content (AvgIpc) is 2.39. The molecule has 0 amide bonds. The summed E-state index contributed by atoms with van der Waals surface area (Å²) < 4.78 is 17.0. The van der Waals surface area contributed by atoms with Crippen LogP contribution in [0.5, 0.6) is 0 Å². The third-order valence-electron chi connectivity index (χ3n) is 2.73. The molecule has 0 radical (unpaired) electrons. The molecule has 0 saturated heterocycles. The van der Waals surface area contributed by atoms with Crippen LogP contribution in [0.2, 0.25) is 0 Å². The van der Waals surface area contributed by atoms with Gasteiger partial charge in [-0.25, -0.2) is 0 Å². The van der Waals surface area contributed by atoms with Gasteiger partial charge in [0.2, 0.25) is 0 Å². The zero-order valence-corrected chi connectivity index (χ0v) is 12.0. The van der Waals surface area contributed by atoms with Gasteiger partial charge in [-0.1, -0.05) is 37.3 Å². The number of nitrogens with one attached hydrogen (secondary N) is 1. The predicted octanol–water partition coefficient (Wildman–Crippen LogP) is 2.12. The minimum absolute atomic E-state index is 0.180. The van der Waals surface area contributed by atoms with Crippen molar-refractivity contribution in [1.82, 2.24) is 5.32 Å². The fraction of sp³-hybridized carbons (Fsp3) is 0.571. The van der Waals surface area contributed by atoms with Gasteiger partial charge in [0.15, 0.2) is 0 Å². The van der Waals surface area contributed by atoms with Gasteiger partial charge >= 0.3 is 0 Å². The molecule has 1 rings (SSSR count). The third kappa shape index (κ3) is 5.76. The van der Waals surface area contributed by atoms with E-state index < -0.39 is 10.8 Å². The summed E-state index contributed by atoms with van der Waals surface area (Å²) in [5.74, 6) is 1.38. The SMILES string of the molecule is CCNC(CS(=O)CCCOC)c1ccccc1. The quantitative estimate of drug-likeness (QED) is 0.698. The van der Waals surface area contributed by atoms with Crippen LogP contribution in [-0.4, -0.2) is 36.0 Å². The van der Waals surface area contributed by atoms with Crippen molar-refractivity contribution in [2.75, 3.05) is 31.8 Å². The van der Waals surface area contributed by atoms with Crippen molar-refractivity contribution in [3.8, 4) is 0 Å². The molecule has 0 aromatic heterocycles. The molecule has 0 saturated carbocycles. The first-order valence-electron chi connectivity index (χ1n) is 6.40. The van der Waals surface area contributed by atoms with Gasteiger partial charge in [0, 0.05) is 42.1 Å². The van der Waals surface area contributed by atoms with E-state index in [4.69, 9.17) is 4.74 Å². The molecule has 0 aliphatic rings. The molecular weight excluding hydrogens is 246 g/mol. The molecule has 1 N–H and O–H groups in total. The molecule has 0 heterocycles. The highest BCUT2D eigenvalue weighted by molar-refractivity contribution is 7.85. The maximum absolute atomic E-state index is 12.0. The summed E-state index contributed by atoms with van der Waals surface area (Å²) >= 11 is 0. The monoisotopic (exact) mass is 269 g/mol. The lowest BCUT2D eigenvalue weighted by Crippen LogP contribution is -2.26. The van der Waals surface area contributed by atoms with Crippen LogP contribution >= 0.6 is 0 Å². The summed E-state index contributed by atoms with van der Waals surface area (Å²) in [6.07, 6.45) is 0.858. The van der Waals surface area contributed by atoms with Crippen molar-refractivity contribution < 1.29 is 8.95 Å². The molecule has 102 valence electrons. The van der Waals surface area contributed by atoms with Crippen LogP contribution in [0, 0.1) is 0 Å². The van der Waals surface area contributed by atoms with Crippen LogP contribution in [-0.2, 0) is 15.5 Å². The Morgan fingerprint density at radius 2 is 2.06 bits per heavy atom. The fourth-order valence-electron chi connectivity index (χ4n) is 1.84. The van der Waals surface area contributed by atoms with Gasteiger partial charge in [-0.2, -0.15) is 0 Å². The molecule has 1 aromatic rings. The Bertz CT molecular complexity index is 343. The second-order valence-electron chi connectivity index (χ2n) is 4.18. The Morgan fingerprint density at radius 3 is 2.67 bits per heavy atom. The molecule has 2 atom stereocenters. The number of ether oxygens (including phenoxy) is 1. The lowest BCUT2D eigenvalue weighted by molar-refractivity contribution is 0.200. The van der Waals surface area contributed by atoms with Gasteiger partial charge in [-0.05, 0) is 18.5 Å². The van der Waals surface area contributed by atoms with Crippen LogP contribution < -0.4 is 5.32 Å². The highest BCUT2D eigenvalue weighted by atomic mass is 32.2. The van der Waals surface area contributed by atoms with E-state index in [1.807, 2.05) is 18.2 Å². The highest BCUT2D eigenvalue weighted by Crippen LogP contribution is 2.14. The van der Waals surface area contributed by atoms with E-state index in [1.165, 1.54) is 5.56 Å². The van der Waals surface area contributed by atoms with E-state index in [-0.39, 0.29) is 6.04 Å². The lowest BCUT2D eigenvalue weighted by atomic mass is 10.1. The molecule has 4 heteroatoms. The van der Waals surface area contributed by atoms with Crippen LogP contribution in [0.3, 0.4) is 0 Å². The summed E-state index contributed by atoms with van der Waals surface area (Å²) in [5.41, 5.74) is 1.21. The minimum atomic E-state index is -0.796. The van der Waals surface area contributed by atoms with Crippen LogP contribution in [0.1, 0.15) is 24.9 Å². The second kappa shape index (κ2) is 9.25. The van der Waals surface area contributed by atoms with Gasteiger partial charge < -0.3 is 10.1 Å². The van der Waals surface area contributed by atoms with E-state index in [0.717, 1.165) is 13.0 Å². The summed E-state index contributed by atoms with van der Waals surface area (Å²) in [7, 11) is 0.879. The molecular formula is C14H23NO2S. The standard InChI is InChI=1S/C14H23NO2S/c1-3-15-14(13-8-5-4-6-9-13)12-18(16)11-7-10-17-2/h4-6,8-9,14-15H,3,7,10-12H2,1-2H3. The van der Waals surface area contributed by atoms with E-state index in [9.17, 15) is 4.21 Å². The normalized spacial score (nSPS) is 14.3. The van der Waals surface area contributed by atoms with E-state index in [1.54, 1.807) is 7.11 Å². The van der Waals surface area contributed by atoms with Crippen molar-refractivity contribution in [1.29, 1.82) is 0 Å². The van der Waals surface area contributed by atoms with E-state index >= 15 is 0 Å². The Balaban J connectivity index is 2.50. The van der Waals surface area contributed by atoms with Crippen molar-refractivity contribution >= 4 is 10.8 Å². The largest absolute Gasteiger partial charge is 0.385 e. The Kier molecular flexibility index (Phi) is 7.89. The van der Waals surface area contributed by atoms with Gasteiger partial charge in [-0.3, -0.25) is 4.21 Å². The second-order valence-corrected chi connectivity index (χ2v) is 5.80. The van der Waals surface area contributed by atoms with Gasteiger partial charge in [0.1, 0.15) is 0 Å². The smallest absolute Gasteiger partial charge is 0.0471 e. The zero-order valence-electron chi connectivity index (χ0n) is 11.2. The molecule has 1 aromatic carbocycles. The lowest BCUT2D eigenvalue weighted by Gasteiger charge is -2.17. The van der Waals surface area contributed by atoms with Gasteiger partial charge in [0.05, 0.1) is 0 Å². The topological polar surface area (TPSA) is 38.3 Å². The van der Waals surface area contributed by atoms with Crippen LogP contribution in [0.4, 0.5) is 0 Å². The summed E-state index contributed by atoms with van der Waals surface area (Å²) in [4.78, 5) is 0. The summed E-state index contributed by atoms with van der Waals surface area (Å²) in [5, 5.41) is 3.40. The Labute approximate surface area is 112 Å². The number of methoxy groups -OCH3 is 1. The molecule has 18 heavy (non-hydrogen) atoms. The zero-order chi connectivity index (χ0) is 13.2. The molecule has 2 unspecified atom stereocenters. The number of hydrogen-bond acceptors (Lipinski definition) is 3. The van der Waals surface area contributed by atoms with E-state index in [2.05, 4.69) is 24.4 Å². The minimum Gasteiger partial charge on any atom is -0.385 e. The van der Waals surface area contributed by atoms with Crippen molar-refractivity contribution in [3.63, 3.8) is 0 Å². The van der Waals surface area contributed by atoms with Crippen molar-refractivity contribution in [2.45, 2.75) is 19.4 Å². The van der Waals surface area contributed by atoms with Crippen molar-refractivity contribution in [2.24, 2.45) is 0 Å². The number of rotatable bonds is 9. The average molecular weight is 269 g/mol. The van der Waals surface area contributed by atoms with Crippen LogP contribution in [0.25, 0.3) is 0 Å². The fourth-order valence-corrected chi connectivity index (χ4v) is 3.13. The maximum atomic E-state index is 12.0. The molecule has 0 fully saturated rings.